The molecule has 0 unspecified atom stereocenters. The molecule has 0 radical (unpaired) electrons. The van der Waals surface area contributed by atoms with E-state index in [1.807, 2.05) is 111 Å². The van der Waals surface area contributed by atoms with Crippen LogP contribution in [0.25, 0.3) is 10.2 Å². The normalized spacial score (nSPS) is 11.7. The largest absolute Gasteiger partial charge is 0.344 e. The van der Waals surface area contributed by atoms with Crippen molar-refractivity contribution in [3.8, 4) is 0 Å². The molecule has 0 saturated heterocycles. The maximum atomic E-state index is 13.0. The molecule has 0 saturated carbocycles. The van der Waals surface area contributed by atoms with Gasteiger partial charge in [-0.05, 0) is 61.2 Å². The van der Waals surface area contributed by atoms with Crippen LogP contribution in [-0.4, -0.2) is 39.5 Å². The summed E-state index contributed by atoms with van der Waals surface area (Å²) in [4.78, 5) is 43.1. The average molecular weight is 655 g/mol. The van der Waals surface area contributed by atoms with Crippen molar-refractivity contribution in [3.63, 3.8) is 0 Å². The van der Waals surface area contributed by atoms with Gasteiger partial charge in [-0.2, -0.15) is 0 Å². The van der Waals surface area contributed by atoms with Crippen LogP contribution in [0.5, 0.6) is 0 Å². The maximum absolute atomic E-state index is 13.0. The zero-order valence-electron chi connectivity index (χ0n) is 25.2. The lowest BCUT2D eigenvalue weighted by Crippen LogP contribution is -2.30. The number of fused-ring (bicyclic) bond motifs is 1. The molecule has 7 nitrogen and oxygen atoms in total. The monoisotopic (exact) mass is 654 g/mol. The van der Waals surface area contributed by atoms with Crippen molar-refractivity contribution < 1.29 is 14.4 Å². The number of thiazole rings is 1. The van der Waals surface area contributed by atoms with Crippen LogP contribution in [-0.2, 0) is 14.4 Å². The highest BCUT2D eigenvalue weighted by atomic mass is 32.2. The van der Waals surface area contributed by atoms with Gasteiger partial charge in [0.1, 0.15) is 0 Å². The second-order valence-corrected chi connectivity index (χ2v) is 14.1. The van der Waals surface area contributed by atoms with Gasteiger partial charge in [-0.15, -0.1) is 23.1 Å². The van der Waals surface area contributed by atoms with Gasteiger partial charge < -0.3 is 16.0 Å². The molecule has 1 aromatic heterocycles. The minimum atomic E-state index is -0.425. The molecule has 3 N–H and O–H groups in total. The van der Waals surface area contributed by atoms with Crippen molar-refractivity contribution in [1.82, 2.24) is 10.3 Å². The first-order valence-electron chi connectivity index (χ1n) is 14.5. The van der Waals surface area contributed by atoms with Gasteiger partial charge in [0.15, 0.2) is 4.34 Å². The Morgan fingerprint density at radius 2 is 1.42 bits per heavy atom. The second-order valence-electron chi connectivity index (χ2n) is 10.5. The highest BCUT2D eigenvalue weighted by Gasteiger charge is 2.19. The predicted molar refractivity (Wildman–Crippen MR) is 188 cm³/mol. The molecule has 230 valence electrons. The van der Waals surface area contributed by atoms with Crippen LogP contribution in [0.4, 0.5) is 11.4 Å². The molecule has 3 amide bonds. The molecule has 1 heterocycles. The fourth-order valence-corrected chi connectivity index (χ4v) is 7.33. The van der Waals surface area contributed by atoms with Gasteiger partial charge in [0, 0.05) is 11.4 Å². The van der Waals surface area contributed by atoms with Crippen molar-refractivity contribution >= 4 is 74.2 Å². The third-order valence-corrected chi connectivity index (χ3v) is 10.4. The summed E-state index contributed by atoms with van der Waals surface area (Å²) in [7, 11) is 0. The molecule has 10 heteroatoms. The molecule has 0 fully saturated rings. The van der Waals surface area contributed by atoms with Gasteiger partial charge >= 0.3 is 0 Å². The molecular weight excluding hydrogens is 621 g/mol. The second kappa shape index (κ2) is 15.2. The van der Waals surface area contributed by atoms with Gasteiger partial charge in [0.25, 0.3) is 0 Å². The lowest BCUT2D eigenvalue weighted by Gasteiger charge is -2.19. The quantitative estimate of drug-likeness (QED) is 0.120. The van der Waals surface area contributed by atoms with E-state index in [1.54, 1.807) is 6.92 Å². The third-order valence-electron chi connectivity index (χ3n) is 7.11. The summed E-state index contributed by atoms with van der Waals surface area (Å²) >= 11 is 4.16. The van der Waals surface area contributed by atoms with E-state index in [9.17, 15) is 14.4 Å². The molecule has 0 aliphatic heterocycles. The van der Waals surface area contributed by atoms with Gasteiger partial charge in [0.05, 0.1) is 33.0 Å². The van der Waals surface area contributed by atoms with Gasteiger partial charge in [-0.3, -0.25) is 14.4 Å². The number of nitrogens with one attached hydrogen (secondary N) is 3. The lowest BCUT2D eigenvalue weighted by molar-refractivity contribution is -0.119. The number of hydrogen-bond acceptors (Lipinski definition) is 7. The number of carbonyl (C=O) groups excluding carboxylic acids is 3. The van der Waals surface area contributed by atoms with Crippen LogP contribution in [0, 0.1) is 13.8 Å². The Bertz CT molecular complexity index is 1730. The molecule has 5 aromatic rings. The summed E-state index contributed by atoms with van der Waals surface area (Å²) in [6, 6.07) is 31.0. The fraction of sp³-hybridized carbons (Fsp3) is 0.200. The summed E-state index contributed by atoms with van der Waals surface area (Å²) in [6.45, 7) is 5.70. The summed E-state index contributed by atoms with van der Waals surface area (Å²) in [6.07, 6.45) is 0. The van der Waals surface area contributed by atoms with Crippen molar-refractivity contribution in [1.29, 1.82) is 0 Å². The van der Waals surface area contributed by atoms with Crippen molar-refractivity contribution in [2.75, 3.05) is 22.1 Å². The van der Waals surface area contributed by atoms with Crippen molar-refractivity contribution in [2.24, 2.45) is 0 Å². The highest BCUT2D eigenvalue weighted by molar-refractivity contribution is 8.01. The van der Waals surface area contributed by atoms with E-state index in [4.69, 9.17) is 0 Å². The first kappa shape index (κ1) is 32.3. The number of amides is 3. The number of rotatable bonds is 12. The van der Waals surface area contributed by atoms with E-state index in [0.717, 1.165) is 42.5 Å². The van der Waals surface area contributed by atoms with Crippen LogP contribution in [0.15, 0.2) is 101 Å². The molecule has 1 atom stereocenters. The Hall–Kier alpha value is -4.12. The summed E-state index contributed by atoms with van der Waals surface area (Å²) in [5.41, 5.74) is 6.32. The predicted octanol–water partition coefficient (Wildman–Crippen LogP) is 7.61. The molecule has 0 aliphatic rings. The number of anilines is 2. The van der Waals surface area contributed by atoms with E-state index in [0.29, 0.717) is 5.69 Å². The fourth-order valence-electron chi connectivity index (χ4n) is 4.73. The minimum absolute atomic E-state index is 0.0841. The number of benzene rings is 4. The molecule has 4 aromatic carbocycles. The van der Waals surface area contributed by atoms with E-state index in [2.05, 4.69) is 20.9 Å². The smallest absolute Gasteiger partial charge is 0.237 e. The number of thioether (sulfide) groups is 2. The molecule has 0 spiro atoms. The highest BCUT2D eigenvalue weighted by Crippen LogP contribution is 2.32. The third kappa shape index (κ3) is 8.75. The molecule has 0 aliphatic carbocycles. The number of aromatic nitrogens is 1. The molecule has 0 bridgehead atoms. The number of carbonyl (C=O) groups is 3. The van der Waals surface area contributed by atoms with E-state index in [1.165, 1.54) is 34.9 Å². The number of aryl methyl sites for hydroxylation is 2. The Morgan fingerprint density at radius 3 is 2.07 bits per heavy atom. The van der Waals surface area contributed by atoms with Crippen LogP contribution in [0.1, 0.15) is 35.2 Å². The topological polar surface area (TPSA) is 100 Å². The van der Waals surface area contributed by atoms with E-state index < -0.39 is 5.25 Å². The van der Waals surface area contributed by atoms with Crippen LogP contribution < -0.4 is 16.0 Å². The van der Waals surface area contributed by atoms with Gasteiger partial charge in [0.2, 0.25) is 17.7 Å². The standard InChI is InChI=1S/C35H34N4O3S3/c1-22-11-10-12-23(2)32(22)38-30(40)20-43-24(3)34(42)36-27-17-18-28-29(19-27)45-35(37-28)44-21-31(41)39-33(25-13-6-4-7-14-25)26-15-8-5-9-16-26/h4-19,24,33H,20-21H2,1-3H3,(H,36,42)(H,38,40)(H,39,41)/t24-/m1/s1. The zero-order valence-corrected chi connectivity index (χ0v) is 27.7. The van der Waals surface area contributed by atoms with Crippen molar-refractivity contribution in [2.45, 2.75) is 36.4 Å². The van der Waals surface area contributed by atoms with Crippen LogP contribution in [0.3, 0.4) is 0 Å². The summed E-state index contributed by atoms with van der Waals surface area (Å²) < 4.78 is 1.69. The first-order chi connectivity index (χ1) is 21.8. The SMILES string of the molecule is Cc1cccc(C)c1NC(=O)CS[C@H](C)C(=O)Nc1ccc2nc(SCC(=O)NC(c3ccccc3)c3ccccc3)sc2c1. The van der Waals surface area contributed by atoms with E-state index >= 15 is 0 Å². The summed E-state index contributed by atoms with van der Waals surface area (Å²) in [5, 5.41) is 8.66. The minimum Gasteiger partial charge on any atom is -0.344 e. The Balaban J connectivity index is 1.13. The number of para-hydroxylation sites is 1. The van der Waals surface area contributed by atoms with Crippen LogP contribution in [0.2, 0.25) is 0 Å². The first-order valence-corrected chi connectivity index (χ1v) is 17.3. The Labute approximate surface area is 275 Å². The zero-order chi connectivity index (χ0) is 31.8. The Kier molecular flexibility index (Phi) is 10.9. The number of hydrogen-bond donors (Lipinski definition) is 3. The number of nitrogens with zero attached hydrogens (tertiary/aromatic N) is 1. The van der Waals surface area contributed by atoms with Crippen LogP contribution >= 0.6 is 34.9 Å². The lowest BCUT2D eigenvalue weighted by atomic mass is 9.99. The summed E-state index contributed by atoms with van der Waals surface area (Å²) in [5.74, 6) is -0.00864. The molecule has 5 rings (SSSR count). The average Bonchev–Trinajstić information content (AvgIpc) is 3.46. The Morgan fingerprint density at radius 1 is 0.778 bits per heavy atom. The molecule has 45 heavy (non-hydrogen) atoms. The maximum Gasteiger partial charge on any atom is 0.237 e. The van der Waals surface area contributed by atoms with Gasteiger partial charge in [-0.1, -0.05) is 90.6 Å². The van der Waals surface area contributed by atoms with E-state index in [-0.39, 0.29) is 35.3 Å². The van der Waals surface area contributed by atoms with Crippen molar-refractivity contribution in [3.05, 3.63) is 119 Å². The van der Waals surface area contributed by atoms with Gasteiger partial charge in [-0.25, -0.2) is 4.98 Å². The molecular formula is C35H34N4O3S3.